The van der Waals surface area contributed by atoms with E-state index >= 15 is 0 Å². The lowest BCUT2D eigenvalue weighted by atomic mass is 9.68. The molecule has 4 rings (SSSR count). The summed E-state index contributed by atoms with van der Waals surface area (Å²) in [5.41, 5.74) is 5.84. The predicted octanol–water partition coefficient (Wildman–Crippen LogP) is 0.984. The maximum Gasteiger partial charge on any atom is 0.269 e. The number of anilines is 2. The summed E-state index contributed by atoms with van der Waals surface area (Å²) in [7, 11) is 0. The third-order valence-electron chi connectivity index (χ3n) is 4.54. The minimum atomic E-state index is -1.59. The van der Waals surface area contributed by atoms with E-state index in [-0.39, 0.29) is 17.1 Å². The van der Waals surface area contributed by atoms with Gasteiger partial charge in [0.05, 0.1) is 10.5 Å². The van der Waals surface area contributed by atoms with Gasteiger partial charge in [0.2, 0.25) is 5.91 Å². The number of nitrogens with zero attached hydrogens (tertiary/aromatic N) is 3. The highest BCUT2D eigenvalue weighted by atomic mass is 16.6. The van der Waals surface area contributed by atoms with Crippen molar-refractivity contribution in [2.24, 2.45) is 5.73 Å². The van der Waals surface area contributed by atoms with Gasteiger partial charge < -0.3 is 16.4 Å². The topological polar surface area (TPSA) is 163 Å². The summed E-state index contributed by atoms with van der Waals surface area (Å²) in [6.45, 7) is 1.70. The van der Waals surface area contributed by atoms with E-state index in [1.807, 2.05) is 6.07 Å². The van der Waals surface area contributed by atoms with Gasteiger partial charge in [-0.1, -0.05) is 0 Å². The fourth-order valence-corrected chi connectivity index (χ4v) is 3.54. The van der Waals surface area contributed by atoms with E-state index in [9.17, 15) is 20.2 Å². The number of non-ortho nitro benzene ring substituents is 1. The van der Waals surface area contributed by atoms with Gasteiger partial charge in [-0.3, -0.25) is 20.0 Å². The Morgan fingerprint density at radius 2 is 2.16 bits per heavy atom. The van der Waals surface area contributed by atoms with E-state index in [1.165, 1.54) is 18.2 Å². The first kappa shape index (κ1) is 14.7. The molecule has 0 bridgehead atoms. The second-order valence-corrected chi connectivity index (χ2v) is 5.79. The van der Waals surface area contributed by atoms with Gasteiger partial charge in [-0.05, 0) is 13.0 Å². The van der Waals surface area contributed by atoms with Crippen LogP contribution in [0.25, 0.3) is 0 Å². The molecule has 25 heavy (non-hydrogen) atoms. The molecule has 5 N–H and O–H groups in total. The zero-order valence-corrected chi connectivity index (χ0v) is 12.9. The van der Waals surface area contributed by atoms with Crippen molar-refractivity contribution in [3.63, 3.8) is 0 Å². The number of rotatable bonds is 1. The second kappa shape index (κ2) is 4.57. The van der Waals surface area contributed by atoms with Crippen LogP contribution in [-0.2, 0) is 10.2 Å². The summed E-state index contributed by atoms with van der Waals surface area (Å²) in [6, 6.07) is 6.02. The van der Waals surface area contributed by atoms with Crippen LogP contribution in [0.3, 0.4) is 0 Å². The van der Waals surface area contributed by atoms with Gasteiger partial charge in [0.1, 0.15) is 17.3 Å². The monoisotopic (exact) mass is 337 g/mol. The normalized spacial score (nSPS) is 20.6. The number of aromatic nitrogens is 2. The van der Waals surface area contributed by atoms with Crippen LogP contribution >= 0.6 is 0 Å². The maximum atomic E-state index is 13.0. The van der Waals surface area contributed by atoms with Crippen LogP contribution < -0.4 is 16.4 Å². The minimum absolute atomic E-state index is 0.0176. The lowest BCUT2D eigenvalue weighted by Gasteiger charge is -2.32. The molecule has 1 spiro atoms. The summed E-state index contributed by atoms with van der Waals surface area (Å²) in [6.07, 6.45) is 0. The largest absolute Gasteiger partial charge is 0.384 e. The molecule has 0 fully saturated rings. The fraction of sp³-hybridized carbons (Fsp3) is 0.133. The Labute approximate surface area is 140 Å². The van der Waals surface area contributed by atoms with Crippen molar-refractivity contribution >= 4 is 23.1 Å². The number of benzene rings is 1. The number of hydrogen-bond acceptors (Lipinski definition) is 7. The van der Waals surface area contributed by atoms with Crippen LogP contribution in [0, 0.1) is 28.4 Å². The molecular formula is C15H11N7O3. The molecule has 0 saturated heterocycles. The number of nitriles is 1. The van der Waals surface area contributed by atoms with E-state index in [0.717, 1.165) is 0 Å². The van der Waals surface area contributed by atoms with E-state index in [4.69, 9.17) is 5.73 Å². The van der Waals surface area contributed by atoms with Crippen LogP contribution in [0.5, 0.6) is 0 Å². The van der Waals surface area contributed by atoms with Crippen molar-refractivity contribution < 1.29 is 9.72 Å². The molecule has 2 aliphatic rings. The summed E-state index contributed by atoms with van der Waals surface area (Å²) in [5, 5.41) is 33.2. The number of nitro benzene ring substituents is 1. The molecule has 1 aromatic heterocycles. The highest BCUT2D eigenvalue weighted by Crippen LogP contribution is 2.53. The van der Waals surface area contributed by atoms with Gasteiger partial charge in [-0.15, -0.1) is 0 Å². The Hall–Kier alpha value is -3.87. The number of nitrogens with one attached hydrogen (secondary N) is 3. The first-order valence-corrected chi connectivity index (χ1v) is 7.24. The first-order chi connectivity index (χ1) is 11.9. The van der Waals surface area contributed by atoms with E-state index in [1.54, 1.807) is 6.92 Å². The third kappa shape index (κ3) is 1.61. The smallest absolute Gasteiger partial charge is 0.269 e. The number of fused-ring (bicyclic) bond motifs is 4. The quantitative estimate of drug-likeness (QED) is 0.445. The highest BCUT2D eigenvalue weighted by Gasteiger charge is 2.57. The zero-order chi connectivity index (χ0) is 17.9. The first-order valence-electron chi connectivity index (χ1n) is 7.24. The number of aryl methyl sites for hydroxylation is 1. The average molecular weight is 337 g/mol. The molecule has 2 aliphatic heterocycles. The van der Waals surface area contributed by atoms with Gasteiger partial charge in [0.25, 0.3) is 5.69 Å². The molecule has 0 saturated carbocycles. The third-order valence-corrected chi connectivity index (χ3v) is 4.54. The van der Waals surface area contributed by atoms with Crippen molar-refractivity contribution in [1.82, 2.24) is 10.2 Å². The Bertz CT molecular complexity index is 1050. The number of hydrogen-bond donors (Lipinski definition) is 4. The van der Waals surface area contributed by atoms with Crippen LogP contribution in [0.1, 0.15) is 16.8 Å². The molecule has 124 valence electrons. The molecule has 0 aliphatic carbocycles. The van der Waals surface area contributed by atoms with E-state index in [0.29, 0.717) is 28.3 Å². The Balaban J connectivity index is 2.16. The number of carbonyl (C=O) groups excluding carboxylic acids is 1. The molecule has 1 atom stereocenters. The number of carbonyl (C=O) groups is 1. The minimum Gasteiger partial charge on any atom is -0.384 e. The zero-order valence-electron chi connectivity index (χ0n) is 12.9. The molecule has 0 unspecified atom stereocenters. The van der Waals surface area contributed by atoms with Gasteiger partial charge in [0, 0.05) is 34.6 Å². The average Bonchev–Trinajstić information content (AvgIpc) is 3.06. The number of amides is 1. The van der Waals surface area contributed by atoms with E-state index in [2.05, 4.69) is 20.8 Å². The molecule has 3 heterocycles. The molecular weight excluding hydrogens is 326 g/mol. The Morgan fingerprint density at radius 3 is 2.84 bits per heavy atom. The van der Waals surface area contributed by atoms with Crippen molar-refractivity contribution in [1.29, 1.82) is 5.26 Å². The summed E-state index contributed by atoms with van der Waals surface area (Å²) >= 11 is 0. The van der Waals surface area contributed by atoms with Crippen molar-refractivity contribution in [3.8, 4) is 6.07 Å². The standard InChI is InChI=1S/C15H11N7O3/c1-6-11-13(21-20-6)19-12(17)9(5-16)15(11)8-4-7(22(24)25)2-3-10(8)18-14(15)23/h2-4H,17H2,1H3,(H,18,23)(H2,19,20,21)/t15-/m0/s1. The van der Waals surface area contributed by atoms with Crippen LogP contribution in [-0.4, -0.2) is 21.0 Å². The number of H-pyrrole nitrogens is 1. The summed E-state index contributed by atoms with van der Waals surface area (Å²) in [5.74, 6) is -0.214. The van der Waals surface area contributed by atoms with Gasteiger partial charge in [-0.25, -0.2) is 0 Å². The van der Waals surface area contributed by atoms with Gasteiger partial charge in [0.15, 0.2) is 5.82 Å². The van der Waals surface area contributed by atoms with E-state index < -0.39 is 16.2 Å². The SMILES string of the molecule is Cc1[nH]nc2c1[C@@]1(C(=O)Nc3ccc([N+](=O)[O-])cc31)C(C#N)=C(N)N2. The Kier molecular flexibility index (Phi) is 2.69. The molecule has 2 aromatic rings. The Morgan fingerprint density at radius 1 is 1.40 bits per heavy atom. The highest BCUT2D eigenvalue weighted by molar-refractivity contribution is 6.13. The number of aromatic amines is 1. The van der Waals surface area contributed by atoms with Gasteiger partial charge >= 0.3 is 0 Å². The van der Waals surface area contributed by atoms with Gasteiger partial charge in [-0.2, -0.15) is 10.4 Å². The lowest BCUT2D eigenvalue weighted by molar-refractivity contribution is -0.384. The fourth-order valence-electron chi connectivity index (χ4n) is 3.54. The van der Waals surface area contributed by atoms with Crippen LogP contribution in [0.15, 0.2) is 29.6 Å². The van der Waals surface area contributed by atoms with Crippen molar-refractivity contribution in [3.05, 3.63) is 56.5 Å². The second-order valence-electron chi connectivity index (χ2n) is 5.79. The number of nitrogens with two attached hydrogens (primary N) is 1. The molecule has 1 amide bonds. The maximum absolute atomic E-state index is 13.0. The van der Waals surface area contributed by atoms with Crippen molar-refractivity contribution in [2.45, 2.75) is 12.3 Å². The van der Waals surface area contributed by atoms with Crippen LogP contribution in [0.2, 0.25) is 0 Å². The predicted molar refractivity (Wildman–Crippen MR) is 86.3 cm³/mol. The summed E-state index contributed by atoms with van der Waals surface area (Å²) in [4.78, 5) is 23.7. The molecule has 10 nitrogen and oxygen atoms in total. The van der Waals surface area contributed by atoms with Crippen LogP contribution in [0.4, 0.5) is 17.2 Å². The molecule has 0 radical (unpaired) electrons. The lowest BCUT2D eigenvalue weighted by Crippen LogP contribution is -2.43. The molecule has 10 heteroatoms. The number of nitro groups is 1. The van der Waals surface area contributed by atoms with Crippen molar-refractivity contribution in [2.75, 3.05) is 10.6 Å². The molecule has 1 aromatic carbocycles. The summed E-state index contributed by atoms with van der Waals surface area (Å²) < 4.78 is 0.